The molecule has 1 aromatic heterocycles. The van der Waals surface area contributed by atoms with Crippen LogP contribution in [0.4, 0.5) is 16.3 Å². The van der Waals surface area contributed by atoms with Gasteiger partial charge in [0.15, 0.2) is 5.82 Å². The molecule has 0 aliphatic carbocycles. The predicted octanol–water partition coefficient (Wildman–Crippen LogP) is 3.72. The van der Waals surface area contributed by atoms with Crippen molar-refractivity contribution in [2.75, 3.05) is 4.90 Å². The average molecular weight is 398 g/mol. The maximum absolute atomic E-state index is 12.7. The molecule has 0 unspecified atom stereocenters. The zero-order chi connectivity index (χ0) is 21.3. The highest BCUT2D eigenvalue weighted by Crippen LogP contribution is 2.35. The fraction of sp³-hybridized carbons (Fsp3) is 0.429. The number of aromatic nitrogens is 2. The Morgan fingerprint density at radius 3 is 2.38 bits per heavy atom. The highest BCUT2D eigenvalue weighted by atomic mass is 16.6. The molecule has 0 spiro atoms. The summed E-state index contributed by atoms with van der Waals surface area (Å²) in [6, 6.07) is 9.04. The molecule has 0 radical (unpaired) electrons. The van der Waals surface area contributed by atoms with Crippen molar-refractivity contribution in [1.82, 2.24) is 14.7 Å². The molecule has 1 aliphatic rings. The summed E-state index contributed by atoms with van der Waals surface area (Å²) < 4.78 is 6.79. The lowest BCUT2D eigenvalue weighted by Crippen LogP contribution is -2.34. The van der Waals surface area contributed by atoms with Crippen LogP contribution in [0.15, 0.2) is 30.3 Å². The Hall–Kier alpha value is -3.16. The van der Waals surface area contributed by atoms with Gasteiger partial charge >= 0.3 is 6.09 Å². The number of rotatable bonds is 4. The summed E-state index contributed by atoms with van der Waals surface area (Å²) in [5.41, 5.74) is 1.27. The minimum absolute atomic E-state index is 0.192. The molecule has 154 valence electrons. The maximum atomic E-state index is 12.7. The van der Waals surface area contributed by atoms with Crippen LogP contribution < -0.4 is 4.90 Å². The number of hydrogen-bond acceptors (Lipinski definition) is 5. The molecule has 0 bridgehead atoms. The summed E-state index contributed by atoms with van der Waals surface area (Å²) >= 11 is 0. The van der Waals surface area contributed by atoms with Crippen LogP contribution in [0.25, 0.3) is 0 Å². The van der Waals surface area contributed by atoms with E-state index in [4.69, 9.17) is 4.74 Å². The number of carbonyl (C=O) groups excluding carboxylic acids is 3. The van der Waals surface area contributed by atoms with Crippen molar-refractivity contribution in [2.45, 2.75) is 53.3 Å². The number of nitrogens with zero attached hydrogens (tertiary/aromatic N) is 4. The minimum Gasteiger partial charge on any atom is -0.444 e. The van der Waals surface area contributed by atoms with Crippen molar-refractivity contribution in [2.24, 2.45) is 5.92 Å². The second kappa shape index (κ2) is 7.69. The van der Waals surface area contributed by atoms with Gasteiger partial charge in [-0.3, -0.25) is 19.4 Å². The molecule has 2 heterocycles. The zero-order valence-corrected chi connectivity index (χ0v) is 17.4. The number of anilines is 2. The minimum atomic E-state index is -0.632. The first-order valence-corrected chi connectivity index (χ1v) is 9.55. The van der Waals surface area contributed by atoms with Crippen LogP contribution in [-0.4, -0.2) is 38.7 Å². The van der Waals surface area contributed by atoms with Crippen molar-refractivity contribution in [3.8, 4) is 0 Å². The Kier molecular flexibility index (Phi) is 5.46. The average Bonchev–Trinajstić information content (AvgIpc) is 3.22. The number of hydrogen-bond donors (Lipinski definition) is 0. The van der Waals surface area contributed by atoms with Crippen molar-refractivity contribution in [1.29, 1.82) is 0 Å². The number of ether oxygens (including phenoxy) is 1. The first-order valence-electron chi connectivity index (χ1n) is 9.55. The predicted molar refractivity (Wildman–Crippen MR) is 108 cm³/mol. The Bertz CT molecular complexity index is 928. The third kappa shape index (κ3) is 4.16. The molecule has 0 saturated carbocycles. The van der Waals surface area contributed by atoms with E-state index in [1.165, 1.54) is 14.5 Å². The summed E-state index contributed by atoms with van der Waals surface area (Å²) in [4.78, 5) is 40.1. The lowest BCUT2D eigenvalue weighted by atomic mass is 10.2. The van der Waals surface area contributed by atoms with Crippen LogP contribution in [0, 0.1) is 5.92 Å². The SMILES string of the molecule is CC(C)C(=O)n1nc(N(C=O)c2ccccc2)c2c1CN(C(=O)OC(C)(C)C)C2. The van der Waals surface area contributed by atoms with Crippen LogP contribution in [-0.2, 0) is 22.6 Å². The van der Waals surface area contributed by atoms with Crippen LogP contribution in [0.3, 0.4) is 0 Å². The Morgan fingerprint density at radius 2 is 1.83 bits per heavy atom. The van der Waals surface area contributed by atoms with E-state index >= 15 is 0 Å². The van der Waals surface area contributed by atoms with Crippen LogP contribution in [0.2, 0.25) is 0 Å². The van der Waals surface area contributed by atoms with Crippen molar-refractivity contribution < 1.29 is 19.1 Å². The van der Waals surface area contributed by atoms with Crippen LogP contribution in [0.1, 0.15) is 50.7 Å². The summed E-state index contributed by atoms with van der Waals surface area (Å²) in [6.07, 6.45) is 0.193. The molecule has 2 aromatic rings. The van der Waals surface area contributed by atoms with Gasteiger partial charge in [-0.25, -0.2) is 9.48 Å². The molecule has 0 atom stereocenters. The molecule has 0 fully saturated rings. The van der Waals surface area contributed by atoms with Gasteiger partial charge in [0, 0.05) is 11.5 Å². The van der Waals surface area contributed by atoms with E-state index in [0.29, 0.717) is 29.2 Å². The maximum Gasteiger partial charge on any atom is 0.410 e. The number of para-hydroxylation sites is 1. The Morgan fingerprint density at radius 1 is 1.17 bits per heavy atom. The molecular weight excluding hydrogens is 372 g/mol. The Balaban J connectivity index is 2.03. The number of carbonyl (C=O) groups is 3. The van der Waals surface area contributed by atoms with Gasteiger partial charge in [-0.05, 0) is 32.9 Å². The van der Waals surface area contributed by atoms with E-state index in [9.17, 15) is 14.4 Å². The summed E-state index contributed by atoms with van der Waals surface area (Å²) in [5, 5.41) is 4.45. The van der Waals surface area contributed by atoms with E-state index in [2.05, 4.69) is 5.10 Å². The van der Waals surface area contributed by atoms with E-state index < -0.39 is 11.7 Å². The van der Waals surface area contributed by atoms with Crippen LogP contribution in [0.5, 0.6) is 0 Å². The van der Waals surface area contributed by atoms with Gasteiger partial charge in [0.2, 0.25) is 12.3 Å². The van der Waals surface area contributed by atoms with Crippen molar-refractivity contribution in [3.63, 3.8) is 0 Å². The van der Waals surface area contributed by atoms with E-state index in [1.54, 1.807) is 46.8 Å². The van der Waals surface area contributed by atoms with Gasteiger partial charge in [-0.1, -0.05) is 32.0 Å². The molecule has 0 N–H and O–H groups in total. The van der Waals surface area contributed by atoms with E-state index in [-0.39, 0.29) is 24.9 Å². The lowest BCUT2D eigenvalue weighted by Gasteiger charge is -2.24. The number of benzene rings is 1. The molecule has 0 saturated heterocycles. The summed E-state index contributed by atoms with van der Waals surface area (Å²) in [5.74, 6) is -0.137. The molecule has 8 heteroatoms. The highest BCUT2D eigenvalue weighted by molar-refractivity contribution is 5.89. The summed E-state index contributed by atoms with van der Waals surface area (Å²) in [7, 11) is 0. The van der Waals surface area contributed by atoms with Crippen LogP contribution >= 0.6 is 0 Å². The van der Waals surface area contributed by atoms with E-state index in [1.807, 2.05) is 18.2 Å². The Labute approximate surface area is 170 Å². The van der Waals surface area contributed by atoms with Gasteiger partial charge < -0.3 is 4.74 Å². The summed E-state index contributed by atoms with van der Waals surface area (Å²) in [6.45, 7) is 9.36. The standard InChI is InChI=1S/C21H26N4O4/c1-14(2)19(27)25-17-12-23(20(28)29-21(3,4)5)11-16(17)18(22-25)24(13-26)15-9-7-6-8-10-15/h6-10,13-14H,11-12H2,1-5H3. The first-order chi connectivity index (χ1) is 13.6. The highest BCUT2D eigenvalue weighted by Gasteiger charge is 2.36. The fourth-order valence-electron chi connectivity index (χ4n) is 3.12. The van der Waals surface area contributed by atoms with Gasteiger partial charge in [-0.2, -0.15) is 0 Å². The van der Waals surface area contributed by atoms with Gasteiger partial charge in [0.25, 0.3) is 0 Å². The normalized spacial score (nSPS) is 13.4. The first kappa shape index (κ1) is 20.6. The zero-order valence-electron chi connectivity index (χ0n) is 17.4. The molecule has 1 aliphatic heterocycles. The molecule has 3 rings (SSSR count). The molecule has 2 amide bonds. The largest absolute Gasteiger partial charge is 0.444 e. The van der Waals surface area contributed by atoms with Crippen molar-refractivity contribution >= 4 is 29.9 Å². The topological polar surface area (TPSA) is 84.7 Å². The van der Waals surface area contributed by atoms with Gasteiger partial charge in [0.1, 0.15) is 5.60 Å². The smallest absolute Gasteiger partial charge is 0.410 e. The monoisotopic (exact) mass is 398 g/mol. The quantitative estimate of drug-likeness (QED) is 0.733. The molecule has 29 heavy (non-hydrogen) atoms. The molecular formula is C21H26N4O4. The third-order valence-corrected chi connectivity index (χ3v) is 4.48. The van der Waals surface area contributed by atoms with Gasteiger partial charge in [-0.15, -0.1) is 5.10 Å². The molecule has 1 aromatic carbocycles. The number of amides is 2. The second-order valence-electron chi connectivity index (χ2n) is 8.30. The number of fused-ring (bicyclic) bond motifs is 1. The van der Waals surface area contributed by atoms with Crippen molar-refractivity contribution in [3.05, 3.63) is 41.6 Å². The molecule has 8 nitrogen and oxygen atoms in total. The second-order valence-corrected chi connectivity index (χ2v) is 8.30. The third-order valence-electron chi connectivity index (χ3n) is 4.48. The van der Waals surface area contributed by atoms with Gasteiger partial charge in [0.05, 0.1) is 24.5 Å². The fourth-order valence-corrected chi connectivity index (χ4v) is 3.12. The lowest BCUT2D eigenvalue weighted by molar-refractivity contribution is -0.106. The van der Waals surface area contributed by atoms with E-state index in [0.717, 1.165) is 0 Å².